The molecule has 0 radical (unpaired) electrons. The van der Waals surface area contributed by atoms with Gasteiger partial charge >= 0.3 is 0 Å². The van der Waals surface area contributed by atoms with E-state index in [4.69, 9.17) is 5.11 Å². The van der Waals surface area contributed by atoms with E-state index in [1.807, 2.05) is 4.90 Å². The van der Waals surface area contributed by atoms with Gasteiger partial charge < -0.3 is 10.0 Å². The third kappa shape index (κ3) is 2.88. The van der Waals surface area contributed by atoms with Crippen LogP contribution in [0.2, 0.25) is 0 Å². The third-order valence-electron chi connectivity index (χ3n) is 3.07. The number of nitrogens with zero attached hydrogens (tertiary/aromatic N) is 1. The maximum Gasteiger partial charge on any atom is 0.236 e. The van der Waals surface area contributed by atoms with Gasteiger partial charge in [0.1, 0.15) is 0 Å². The zero-order valence-corrected chi connectivity index (χ0v) is 9.84. The minimum Gasteiger partial charge on any atom is -0.395 e. The Balaban J connectivity index is 1.90. The molecule has 1 N–H and O–H groups in total. The number of amides is 1. The molecule has 1 atom stereocenters. The lowest BCUT2D eigenvalue weighted by molar-refractivity contribution is -0.131. The van der Waals surface area contributed by atoms with E-state index in [1.165, 1.54) is 12.8 Å². The maximum absolute atomic E-state index is 12.2. The summed E-state index contributed by atoms with van der Waals surface area (Å²) in [6.07, 6.45) is 5.71. The molecule has 1 amide bonds. The molecule has 1 aliphatic heterocycles. The van der Waals surface area contributed by atoms with Gasteiger partial charge in [0.2, 0.25) is 5.91 Å². The van der Waals surface area contributed by atoms with Crippen molar-refractivity contribution in [2.24, 2.45) is 0 Å². The Morgan fingerprint density at radius 1 is 1.33 bits per heavy atom. The average Bonchev–Trinajstić information content (AvgIpc) is 3.10. The minimum absolute atomic E-state index is 0.0969. The van der Waals surface area contributed by atoms with Crippen LogP contribution in [0.25, 0.3) is 0 Å². The van der Waals surface area contributed by atoms with E-state index in [0.717, 1.165) is 25.0 Å². The molecule has 1 saturated carbocycles. The number of aliphatic hydroxyl groups is 1. The quantitative estimate of drug-likeness (QED) is 0.789. The van der Waals surface area contributed by atoms with Crippen molar-refractivity contribution < 1.29 is 9.90 Å². The smallest absolute Gasteiger partial charge is 0.236 e. The molecular formula is C11H19NO2S. The number of carbonyl (C=O) groups is 1. The highest BCUT2D eigenvalue weighted by atomic mass is 32.2. The lowest BCUT2D eigenvalue weighted by Crippen LogP contribution is -2.41. The van der Waals surface area contributed by atoms with Crippen LogP contribution in [0.4, 0.5) is 0 Å². The molecule has 4 heteroatoms. The van der Waals surface area contributed by atoms with E-state index in [9.17, 15) is 4.79 Å². The first-order valence-electron chi connectivity index (χ1n) is 5.86. The van der Waals surface area contributed by atoms with Crippen molar-refractivity contribution in [2.75, 3.05) is 18.9 Å². The van der Waals surface area contributed by atoms with Crippen LogP contribution in [0.3, 0.4) is 0 Å². The second-order valence-electron chi connectivity index (χ2n) is 4.34. The zero-order chi connectivity index (χ0) is 10.7. The Bertz CT molecular complexity index is 225. The monoisotopic (exact) mass is 229 g/mol. The van der Waals surface area contributed by atoms with Gasteiger partial charge in [-0.05, 0) is 31.4 Å². The Labute approximate surface area is 95.2 Å². The van der Waals surface area contributed by atoms with Gasteiger partial charge in [0.25, 0.3) is 0 Å². The van der Waals surface area contributed by atoms with Gasteiger partial charge in [0, 0.05) is 12.6 Å². The van der Waals surface area contributed by atoms with Crippen molar-refractivity contribution >= 4 is 17.7 Å². The van der Waals surface area contributed by atoms with Crippen molar-refractivity contribution in [1.29, 1.82) is 0 Å². The topological polar surface area (TPSA) is 40.5 Å². The van der Waals surface area contributed by atoms with E-state index in [0.29, 0.717) is 12.6 Å². The van der Waals surface area contributed by atoms with E-state index in [2.05, 4.69) is 0 Å². The molecule has 1 unspecified atom stereocenters. The van der Waals surface area contributed by atoms with Crippen LogP contribution in [0.5, 0.6) is 0 Å². The fraction of sp³-hybridized carbons (Fsp3) is 0.909. The summed E-state index contributed by atoms with van der Waals surface area (Å²) in [7, 11) is 0. The number of thioether (sulfide) groups is 1. The summed E-state index contributed by atoms with van der Waals surface area (Å²) < 4.78 is 0. The van der Waals surface area contributed by atoms with Gasteiger partial charge in [0.15, 0.2) is 0 Å². The Morgan fingerprint density at radius 2 is 2.13 bits per heavy atom. The molecule has 1 saturated heterocycles. The molecule has 0 spiro atoms. The second kappa shape index (κ2) is 5.21. The van der Waals surface area contributed by atoms with Gasteiger partial charge in [-0.1, -0.05) is 6.42 Å². The van der Waals surface area contributed by atoms with Crippen molar-refractivity contribution in [2.45, 2.75) is 43.4 Å². The zero-order valence-electron chi connectivity index (χ0n) is 9.02. The molecule has 86 valence electrons. The summed E-state index contributed by atoms with van der Waals surface area (Å²) in [4.78, 5) is 14.1. The Hall–Kier alpha value is -0.220. The van der Waals surface area contributed by atoms with Crippen LogP contribution in [0.15, 0.2) is 0 Å². The first kappa shape index (κ1) is 11.3. The second-order valence-corrected chi connectivity index (χ2v) is 5.65. The van der Waals surface area contributed by atoms with E-state index in [1.54, 1.807) is 11.8 Å². The van der Waals surface area contributed by atoms with Crippen LogP contribution in [0.1, 0.15) is 32.1 Å². The van der Waals surface area contributed by atoms with Gasteiger partial charge in [-0.2, -0.15) is 0 Å². The van der Waals surface area contributed by atoms with Crippen LogP contribution in [-0.4, -0.2) is 46.1 Å². The molecular weight excluding hydrogens is 210 g/mol. The van der Waals surface area contributed by atoms with E-state index >= 15 is 0 Å². The highest BCUT2D eigenvalue weighted by Gasteiger charge is 2.35. The largest absolute Gasteiger partial charge is 0.395 e. The number of carbonyl (C=O) groups excluding carboxylic acids is 1. The highest BCUT2D eigenvalue weighted by molar-refractivity contribution is 8.00. The molecule has 1 aliphatic carbocycles. The van der Waals surface area contributed by atoms with Crippen LogP contribution in [0, 0.1) is 0 Å². The van der Waals surface area contributed by atoms with Gasteiger partial charge in [-0.25, -0.2) is 0 Å². The first-order valence-corrected chi connectivity index (χ1v) is 6.90. The van der Waals surface area contributed by atoms with Crippen molar-refractivity contribution in [1.82, 2.24) is 4.90 Å². The van der Waals surface area contributed by atoms with E-state index < -0.39 is 0 Å². The normalized spacial score (nSPS) is 26.3. The van der Waals surface area contributed by atoms with Crippen LogP contribution < -0.4 is 0 Å². The molecule has 3 nitrogen and oxygen atoms in total. The van der Waals surface area contributed by atoms with Gasteiger partial charge in [0.05, 0.1) is 11.9 Å². The molecule has 2 fully saturated rings. The molecule has 0 aromatic rings. The average molecular weight is 229 g/mol. The molecule has 0 aromatic carbocycles. The summed E-state index contributed by atoms with van der Waals surface area (Å²) in [5, 5.41) is 9.13. The number of hydrogen-bond acceptors (Lipinski definition) is 3. The predicted octanol–water partition coefficient (Wildman–Crippen LogP) is 1.26. The van der Waals surface area contributed by atoms with Crippen molar-refractivity contribution in [3.05, 3.63) is 0 Å². The number of aliphatic hydroxyl groups excluding tert-OH is 1. The summed E-state index contributed by atoms with van der Waals surface area (Å²) in [6, 6.07) is 0.437. The molecule has 2 rings (SSSR count). The van der Waals surface area contributed by atoms with Gasteiger partial charge in [-0.3, -0.25) is 4.79 Å². The predicted molar refractivity (Wildman–Crippen MR) is 61.9 cm³/mol. The van der Waals surface area contributed by atoms with Crippen LogP contribution >= 0.6 is 11.8 Å². The Kier molecular flexibility index (Phi) is 3.92. The summed E-state index contributed by atoms with van der Waals surface area (Å²) in [6.45, 7) is 0.625. The van der Waals surface area contributed by atoms with Crippen LogP contribution in [-0.2, 0) is 4.79 Å². The summed E-state index contributed by atoms with van der Waals surface area (Å²) >= 11 is 1.80. The molecule has 0 bridgehead atoms. The lowest BCUT2D eigenvalue weighted by atomic mass is 10.1. The summed E-state index contributed by atoms with van der Waals surface area (Å²) in [5.41, 5.74) is 0. The fourth-order valence-electron chi connectivity index (χ4n) is 2.09. The van der Waals surface area contributed by atoms with E-state index in [-0.39, 0.29) is 17.8 Å². The molecule has 15 heavy (non-hydrogen) atoms. The highest BCUT2D eigenvalue weighted by Crippen LogP contribution is 2.32. The molecule has 0 aromatic heterocycles. The van der Waals surface area contributed by atoms with Gasteiger partial charge in [-0.15, -0.1) is 11.8 Å². The van der Waals surface area contributed by atoms with Crippen molar-refractivity contribution in [3.8, 4) is 0 Å². The Morgan fingerprint density at radius 3 is 2.67 bits per heavy atom. The number of hydrogen-bond donors (Lipinski definition) is 1. The molecule has 1 heterocycles. The lowest BCUT2D eigenvalue weighted by Gasteiger charge is -2.28. The summed E-state index contributed by atoms with van der Waals surface area (Å²) in [5.74, 6) is 1.39. The minimum atomic E-state index is 0.0969. The first-order chi connectivity index (χ1) is 7.33. The SMILES string of the molecule is O=C(C1CCCCS1)N(CCO)C1CC1. The number of rotatable bonds is 4. The third-order valence-corrected chi connectivity index (χ3v) is 4.43. The standard InChI is InChI=1S/C11H19NO2S/c13-7-6-12(9-4-5-9)11(14)10-3-1-2-8-15-10/h9-10,13H,1-8H2. The maximum atomic E-state index is 12.2. The molecule has 2 aliphatic rings. The fourth-order valence-corrected chi connectivity index (χ4v) is 3.35. The van der Waals surface area contributed by atoms with Crippen molar-refractivity contribution in [3.63, 3.8) is 0 Å².